The molecule has 0 radical (unpaired) electrons. The molecule has 1 fully saturated rings. The van der Waals surface area contributed by atoms with E-state index in [0.717, 1.165) is 29.7 Å². The van der Waals surface area contributed by atoms with Gasteiger partial charge < -0.3 is 20.7 Å². The minimum atomic E-state index is -0.247. The van der Waals surface area contributed by atoms with E-state index in [-0.39, 0.29) is 30.2 Å². The van der Waals surface area contributed by atoms with Crippen molar-refractivity contribution in [3.05, 3.63) is 53.6 Å². The molecule has 2 aromatic carbocycles. The van der Waals surface area contributed by atoms with Crippen LogP contribution in [0.3, 0.4) is 0 Å². The molecule has 7 nitrogen and oxygen atoms in total. The molecule has 152 valence electrons. The summed E-state index contributed by atoms with van der Waals surface area (Å²) in [5.74, 6) is 0.390. The lowest BCUT2D eigenvalue weighted by Gasteiger charge is -2.12. The van der Waals surface area contributed by atoms with Crippen molar-refractivity contribution in [2.45, 2.75) is 33.2 Å². The number of anilines is 2. The third kappa shape index (κ3) is 6.34. The van der Waals surface area contributed by atoms with Gasteiger partial charge in [0.15, 0.2) is 6.61 Å². The zero-order valence-electron chi connectivity index (χ0n) is 16.6. The second kappa shape index (κ2) is 9.23. The maximum Gasteiger partial charge on any atom is 0.258 e. The van der Waals surface area contributed by atoms with E-state index in [1.807, 2.05) is 31.2 Å². The Bertz CT molecular complexity index is 922. The van der Waals surface area contributed by atoms with Crippen molar-refractivity contribution in [3.8, 4) is 5.75 Å². The molecule has 0 bridgehead atoms. The monoisotopic (exact) mass is 395 g/mol. The fourth-order valence-corrected chi connectivity index (χ4v) is 2.84. The van der Waals surface area contributed by atoms with Gasteiger partial charge in [0, 0.05) is 30.8 Å². The van der Waals surface area contributed by atoms with Crippen LogP contribution in [0.5, 0.6) is 5.75 Å². The number of ether oxygens (including phenoxy) is 1. The van der Waals surface area contributed by atoms with Gasteiger partial charge >= 0.3 is 0 Å². The summed E-state index contributed by atoms with van der Waals surface area (Å²) in [6, 6.07) is 12.7. The van der Waals surface area contributed by atoms with Crippen LogP contribution in [-0.2, 0) is 20.9 Å². The fourth-order valence-electron chi connectivity index (χ4n) is 2.84. The van der Waals surface area contributed by atoms with Crippen LogP contribution < -0.4 is 20.7 Å². The minimum absolute atomic E-state index is 0.0551. The van der Waals surface area contributed by atoms with Gasteiger partial charge in [-0.25, -0.2) is 0 Å². The number of nitrogens with one attached hydrogen (secondary N) is 3. The molecule has 29 heavy (non-hydrogen) atoms. The Balaban J connectivity index is 1.46. The van der Waals surface area contributed by atoms with Crippen LogP contribution in [0.25, 0.3) is 0 Å². The van der Waals surface area contributed by atoms with Crippen molar-refractivity contribution in [1.29, 1.82) is 0 Å². The second-order valence-electron chi connectivity index (χ2n) is 7.19. The Hall–Kier alpha value is -3.35. The fraction of sp³-hybridized carbons (Fsp3) is 0.318. The number of hydrogen-bond donors (Lipinski definition) is 3. The molecule has 3 rings (SSSR count). The lowest BCUT2D eigenvalue weighted by atomic mass is 10.2. The molecule has 2 aromatic rings. The highest BCUT2D eigenvalue weighted by atomic mass is 16.5. The largest absolute Gasteiger partial charge is 0.484 e. The van der Waals surface area contributed by atoms with Crippen LogP contribution in [0.15, 0.2) is 42.5 Å². The van der Waals surface area contributed by atoms with Gasteiger partial charge in [0.25, 0.3) is 5.91 Å². The lowest BCUT2D eigenvalue weighted by molar-refractivity contribution is -0.123. The van der Waals surface area contributed by atoms with E-state index in [4.69, 9.17) is 4.74 Å². The number of benzene rings is 2. The van der Waals surface area contributed by atoms with E-state index in [0.29, 0.717) is 18.0 Å². The summed E-state index contributed by atoms with van der Waals surface area (Å²) in [6.45, 7) is 3.52. The average molecular weight is 395 g/mol. The van der Waals surface area contributed by atoms with Gasteiger partial charge in [-0.1, -0.05) is 12.1 Å². The Kier molecular flexibility index (Phi) is 6.49. The van der Waals surface area contributed by atoms with Gasteiger partial charge in [-0.3, -0.25) is 14.4 Å². The average Bonchev–Trinajstić information content (AvgIpc) is 3.51. The van der Waals surface area contributed by atoms with E-state index in [2.05, 4.69) is 16.0 Å². The molecular weight excluding hydrogens is 370 g/mol. The minimum Gasteiger partial charge on any atom is -0.484 e. The van der Waals surface area contributed by atoms with Crippen LogP contribution in [0.4, 0.5) is 11.4 Å². The smallest absolute Gasteiger partial charge is 0.258 e. The summed E-state index contributed by atoms with van der Waals surface area (Å²) in [5, 5.41) is 8.41. The van der Waals surface area contributed by atoms with Gasteiger partial charge in [0.05, 0.1) is 0 Å². The highest BCUT2D eigenvalue weighted by Crippen LogP contribution is 2.30. The van der Waals surface area contributed by atoms with Crippen LogP contribution in [-0.4, -0.2) is 24.3 Å². The molecule has 0 saturated heterocycles. The number of amides is 3. The molecule has 0 heterocycles. The number of carbonyl (C=O) groups is 3. The third-order valence-corrected chi connectivity index (χ3v) is 4.49. The summed E-state index contributed by atoms with van der Waals surface area (Å²) in [6.07, 6.45) is 1.91. The van der Waals surface area contributed by atoms with E-state index in [1.165, 1.54) is 6.92 Å². The SMILES string of the molecule is CC(=O)Nc1ccc(OCC(=O)NCc2cccc(NC(=O)C3CC3)c2)c(C)c1. The van der Waals surface area contributed by atoms with Gasteiger partial charge in [0.1, 0.15) is 5.75 Å². The molecular formula is C22H25N3O4. The van der Waals surface area contributed by atoms with Crippen molar-refractivity contribution in [1.82, 2.24) is 5.32 Å². The molecule has 0 spiro atoms. The summed E-state index contributed by atoms with van der Waals surface area (Å²) in [4.78, 5) is 35.1. The highest BCUT2D eigenvalue weighted by Gasteiger charge is 2.29. The quantitative estimate of drug-likeness (QED) is 0.640. The topological polar surface area (TPSA) is 96.5 Å². The molecule has 0 unspecified atom stereocenters. The van der Waals surface area contributed by atoms with E-state index < -0.39 is 0 Å². The van der Waals surface area contributed by atoms with Gasteiger partial charge in [-0.2, -0.15) is 0 Å². The molecule has 3 N–H and O–H groups in total. The first-order valence-corrected chi connectivity index (χ1v) is 9.58. The predicted octanol–water partition coefficient (Wildman–Crippen LogP) is 3.00. The number of rotatable bonds is 8. The number of aryl methyl sites for hydroxylation is 1. The van der Waals surface area contributed by atoms with Crippen LogP contribution in [0.1, 0.15) is 30.9 Å². The molecule has 0 atom stereocenters. The van der Waals surface area contributed by atoms with Gasteiger partial charge in [-0.15, -0.1) is 0 Å². The highest BCUT2D eigenvalue weighted by molar-refractivity contribution is 5.94. The van der Waals surface area contributed by atoms with Crippen molar-refractivity contribution in [3.63, 3.8) is 0 Å². The number of hydrogen-bond acceptors (Lipinski definition) is 4. The summed E-state index contributed by atoms with van der Waals surface area (Å²) >= 11 is 0. The first kappa shape index (κ1) is 20.4. The van der Waals surface area contributed by atoms with Crippen molar-refractivity contribution < 1.29 is 19.1 Å². The van der Waals surface area contributed by atoms with Gasteiger partial charge in [-0.05, 0) is 61.2 Å². The molecule has 0 aliphatic heterocycles. The standard InChI is InChI=1S/C22H25N3O4/c1-14-10-19(24-15(2)26)8-9-20(14)29-13-21(27)23-12-16-4-3-5-18(11-16)25-22(28)17-6-7-17/h3-5,8-11,17H,6-7,12-13H2,1-2H3,(H,23,27)(H,24,26)(H,25,28). The zero-order valence-corrected chi connectivity index (χ0v) is 16.6. The van der Waals surface area contributed by atoms with E-state index >= 15 is 0 Å². The Morgan fingerprint density at radius 3 is 2.48 bits per heavy atom. The predicted molar refractivity (Wildman–Crippen MR) is 111 cm³/mol. The third-order valence-electron chi connectivity index (χ3n) is 4.49. The van der Waals surface area contributed by atoms with E-state index in [9.17, 15) is 14.4 Å². The molecule has 1 saturated carbocycles. The Morgan fingerprint density at radius 2 is 1.79 bits per heavy atom. The van der Waals surface area contributed by atoms with E-state index in [1.54, 1.807) is 18.2 Å². The number of carbonyl (C=O) groups excluding carboxylic acids is 3. The lowest BCUT2D eigenvalue weighted by Crippen LogP contribution is -2.28. The van der Waals surface area contributed by atoms with Crippen molar-refractivity contribution in [2.75, 3.05) is 17.2 Å². The molecule has 3 amide bonds. The Labute approximate surface area is 169 Å². The summed E-state index contributed by atoms with van der Waals surface area (Å²) in [7, 11) is 0. The molecule has 7 heteroatoms. The van der Waals surface area contributed by atoms with Crippen molar-refractivity contribution >= 4 is 29.1 Å². The first-order chi connectivity index (χ1) is 13.9. The molecule has 1 aliphatic carbocycles. The molecule has 1 aliphatic rings. The molecule has 0 aromatic heterocycles. The summed E-state index contributed by atoms with van der Waals surface area (Å²) in [5.41, 5.74) is 3.13. The zero-order chi connectivity index (χ0) is 20.8. The summed E-state index contributed by atoms with van der Waals surface area (Å²) < 4.78 is 5.57. The van der Waals surface area contributed by atoms with Crippen LogP contribution in [0, 0.1) is 12.8 Å². The second-order valence-corrected chi connectivity index (χ2v) is 7.19. The maximum atomic E-state index is 12.1. The normalized spacial score (nSPS) is 12.8. The van der Waals surface area contributed by atoms with Crippen LogP contribution in [0.2, 0.25) is 0 Å². The maximum absolute atomic E-state index is 12.1. The van der Waals surface area contributed by atoms with Gasteiger partial charge in [0.2, 0.25) is 11.8 Å². The van der Waals surface area contributed by atoms with Crippen molar-refractivity contribution in [2.24, 2.45) is 5.92 Å². The first-order valence-electron chi connectivity index (χ1n) is 9.58. The van der Waals surface area contributed by atoms with Crippen LogP contribution >= 0.6 is 0 Å². The Morgan fingerprint density at radius 1 is 1.03 bits per heavy atom.